The molecule has 0 saturated carbocycles. The molecule has 0 unspecified atom stereocenters. The molecule has 0 aliphatic heterocycles. The Morgan fingerprint density at radius 3 is 2.06 bits per heavy atom. The Morgan fingerprint density at radius 2 is 1.69 bits per heavy atom. The van der Waals surface area contributed by atoms with Gasteiger partial charge in [0.1, 0.15) is 0 Å². The van der Waals surface area contributed by atoms with Gasteiger partial charge in [-0.15, -0.1) is 0 Å². The highest BCUT2D eigenvalue weighted by Gasteiger charge is 2.23. The first kappa shape index (κ1) is 14.7. The Kier molecular flexibility index (Phi) is 4.74. The molecule has 0 radical (unpaired) electrons. The minimum absolute atomic E-state index is 0.296. The zero-order valence-electron chi connectivity index (χ0n) is 10.8. The van der Waals surface area contributed by atoms with Crippen molar-refractivity contribution in [2.24, 2.45) is 5.16 Å². The molecule has 0 aromatic heterocycles. The van der Waals surface area contributed by atoms with Gasteiger partial charge >= 0.3 is 6.03 Å². The van der Waals surface area contributed by atoms with E-state index >= 15 is 0 Å². The minimum atomic E-state index is -0.607. The van der Waals surface area contributed by atoms with Crippen LogP contribution in [-0.4, -0.2) is 28.0 Å². The lowest BCUT2D eigenvalue weighted by atomic mass is 10.0. The maximum Gasteiger partial charge on any atom is 0.329 e. The molecule has 0 spiro atoms. The second-order valence-corrected chi connectivity index (χ2v) is 5.26. The van der Waals surface area contributed by atoms with Crippen molar-refractivity contribution in [3.05, 3.63) is 0 Å². The molecule has 0 rings (SSSR count). The van der Waals surface area contributed by atoms with Gasteiger partial charge in [-0.25, -0.2) is 10.2 Å². The van der Waals surface area contributed by atoms with E-state index in [1.165, 1.54) is 0 Å². The minimum Gasteiger partial charge on any atom is -0.411 e. The monoisotopic (exact) mass is 230 g/mol. The average Bonchev–Trinajstić information content (AvgIpc) is 2.11. The molecule has 0 atom stereocenters. The van der Waals surface area contributed by atoms with Gasteiger partial charge in [-0.1, -0.05) is 5.16 Å². The Hall–Kier alpha value is -1.30. The molecule has 0 aliphatic carbocycles. The molecule has 94 valence electrons. The van der Waals surface area contributed by atoms with Crippen molar-refractivity contribution in [3.63, 3.8) is 0 Å². The summed E-state index contributed by atoms with van der Waals surface area (Å²) in [6, 6.07) is -0.327. The maximum atomic E-state index is 11.4. The molecular formula is C10H22N4O2. The zero-order valence-corrected chi connectivity index (χ0v) is 10.8. The average molecular weight is 230 g/mol. The number of hydrogen-bond donors (Lipinski definition) is 4. The summed E-state index contributed by atoms with van der Waals surface area (Å²) in [6.07, 6.45) is 0. The summed E-state index contributed by atoms with van der Waals surface area (Å²) in [5, 5.41) is 14.5. The summed E-state index contributed by atoms with van der Waals surface area (Å²) in [7, 11) is 0. The number of carbonyl (C=O) groups is 1. The molecule has 0 aromatic rings. The largest absolute Gasteiger partial charge is 0.411 e. The number of hydrazine groups is 1. The molecule has 0 aliphatic rings. The van der Waals surface area contributed by atoms with Crippen LogP contribution in [0.4, 0.5) is 4.79 Å². The van der Waals surface area contributed by atoms with Crippen LogP contribution in [0.15, 0.2) is 5.16 Å². The summed E-state index contributed by atoms with van der Waals surface area (Å²) < 4.78 is 0. The number of hydrogen-bond acceptors (Lipinski definition) is 4. The van der Waals surface area contributed by atoms with Crippen LogP contribution in [0, 0.1) is 0 Å². The van der Waals surface area contributed by atoms with Gasteiger partial charge in [0.05, 0.1) is 11.3 Å². The lowest BCUT2D eigenvalue weighted by Gasteiger charge is -2.27. The van der Waals surface area contributed by atoms with Gasteiger partial charge in [-0.05, 0) is 41.5 Å². The Bertz CT molecular complexity index is 279. The van der Waals surface area contributed by atoms with Gasteiger partial charge in [-0.3, -0.25) is 5.43 Å². The summed E-state index contributed by atoms with van der Waals surface area (Å²) in [5.41, 5.74) is 4.85. The molecule has 16 heavy (non-hydrogen) atoms. The van der Waals surface area contributed by atoms with Gasteiger partial charge in [0.15, 0.2) is 0 Å². The first-order valence-corrected chi connectivity index (χ1v) is 5.13. The fraction of sp³-hybridized carbons (Fsp3) is 0.800. The number of rotatable bonds is 3. The van der Waals surface area contributed by atoms with E-state index in [1.807, 2.05) is 20.8 Å². The van der Waals surface area contributed by atoms with Crippen LogP contribution in [0.25, 0.3) is 0 Å². The normalized spacial score (nSPS) is 13.5. The van der Waals surface area contributed by atoms with E-state index < -0.39 is 5.54 Å². The summed E-state index contributed by atoms with van der Waals surface area (Å²) in [5.74, 6) is 0. The van der Waals surface area contributed by atoms with Crippen LogP contribution in [0.3, 0.4) is 0 Å². The van der Waals surface area contributed by atoms with E-state index in [0.717, 1.165) is 0 Å². The maximum absolute atomic E-state index is 11.4. The molecule has 6 nitrogen and oxygen atoms in total. The lowest BCUT2D eigenvalue weighted by Crippen LogP contribution is -2.58. The van der Waals surface area contributed by atoms with Crippen LogP contribution in [0.2, 0.25) is 0 Å². The van der Waals surface area contributed by atoms with Crippen molar-refractivity contribution in [1.29, 1.82) is 0 Å². The molecule has 0 aromatic carbocycles. The number of carbonyl (C=O) groups excluding carboxylic acids is 1. The predicted octanol–water partition coefficient (Wildman–Crippen LogP) is 1.22. The first-order valence-electron chi connectivity index (χ1n) is 5.13. The number of nitrogens with one attached hydrogen (secondary N) is 3. The van der Waals surface area contributed by atoms with Crippen LogP contribution < -0.4 is 16.2 Å². The predicted molar refractivity (Wildman–Crippen MR) is 63.5 cm³/mol. The molecule has 4 N–H and O–H groups in total. The smallest absolute Gasteiger partial charge is 0.329 e. The molecule has 0 heterocycles. The van der Waals surface area contributed by atoms with Gasteiger partial charge in [0, 0.05) is 5.54 Å². The lowest BCUT2D eigenvalue weighted by molar-refractivity contribution is 0.223. The second kappa shape index (κ2) is 5.16. The van der Waals surface area contributed by atoms with E-state index in [1.54, 1.807) is 20.8 Å². The van der Waals surface area contributed by atoms with Crippen LogP contribution in [0.5, 0.6) is 0 Å². The molecule has 6 heteroatoms. The first-order chi connectivity index (χ1) is 7.08. The SMILES string of the molecule is CC(=NO)C(C)(C)NNC(=O)NC(C)(C)C. The fourth-order valence-corrected chi connectivity index (χ4v) is 0.800. The molecular weight excluding hydrogens is 208 g/mol. The van der Waals surface area contributed by atoms with E-state index in [2.05, 4.69) is 21.3 Å². The third kappa shape index (κ3) is 5.55. The standard InChI is InChI=1S/C10H22N4O2/c1-7(13-16)10(5,6)14-12-8(15)11-9(2,3)4/h14,16H,1-6H3,(H2,11,12,15). The molecule has 0 fully saturated rings. The molecule has 0 saturated heterocycles. The zero-order chi connectivity index (χ0) is 13.0. The van der Waals surface area contributed by atoms with Crippen molar-refractivity contribution in [2.45, 2.75) is 52.6 Å². The third-order valence-corrected chi connectivity index (χ3v) is 2.03. The number of urea groups is 1. The topological polar surface area (TPSA) is 85.8 Å². The van der Waals surface area contributed by atoms with Crippen LogP contribution >= 0.6 is 0 Å². The van der Waals surface area contributed by atoms with Crippen molar-refractivity contribution in [3.8, 4) is 0 Å². The summed E-state index contributed by atoms with van der Waals surface area (Å²) in [4.78, 5) is 11.4. The number of nitrogens with zero attached hydrogens (tertiary/aromatic N) is 1. The number of amides is 2. The van der Waals surface area contributed by atoms with E-state index in [0.29, 0.717) is 5.71 Å². The van der Waals surface area contributed by atoms with Gasteiger partial charge in [-0.2, -0.15) is 0 Å². The van der Waals surface area contributed by atoms with Gasteiger partial charge < -0.3 is 10.5 Å². The van der Waals surface area contributed by atoms with Crippen molar-refractivity contribution < 1.29 is 10.0 Å². The van der Waals surface area contributed by atoms with Crippen molar-refractivity contribution in [2.75, 3.05) is 0 Å². The van der Waals surface area contributed by atoms with E-state index in [4.69, 9.17) is 5.21 Å². The summed E-state index contributed by atoms with van der Waals surface area (Å²) in [6.45, 7) is 10.9. The van der Waals surface area contributed by atoms with Gasteiger partial charge in [0.2, 0.25) is 0 Å². The fourth-order valence-electron chi connectivity index (χ4n) is 0.800. The number of oxime groups is 1. The Labute approximate surface area is 96.4 Å². The molecule has 2 amide bonds. The van der Waals surface area contributed by atoms with Crippen molar-refractivity contribution in [1.82, 2.24) is 16.2 Å². The quantitative estimate of drug-likeness (QED) is 0.334. The summed E-state index contributed by atoms with van der Waals surface area (Å²) >= 11 is 0. The van der Waals surface area contributed by atoms with Crippen LogP contribution in [-0.2, 0) is 0 Å². The molecule has 0 bridgehead atoms. The highest BCUT2D eigenvalue weighted by molar-refractivity contribution is 5.90. The Balaban J connectivity index is 4.21. The van der Waals surface area contributed by atoms with Gasteiger partial charge in [0.25, 0.3) is 0 Å². The van der Waals surface area contributed by atoms with E-state index in [-0.39, 0.29) is 11.6 Å². The highest BCUT2D eigenvalue weighted by Crippen LogP contribution is 2.03. The third-order valence-electron chi connectivity index (χ3n) is 2.03. The second-order valence-electron chi connectivity index (χ2n) is 5.26. The van der Waals surface area contributed by atoms with Crippen LogP contribution in [0.1, 0.15) is 41.5 Å². The highest BCUT2D eigenvalue weighted by atomic mass is 16.4. The Morgan fingerprint density at radius 1 is 1.19 bits per heavy atom. The van der Waals surface area contributed by atoms with E-state index in [9.17, 15) is 4.79 Å². The van der Waals surface area contributed by atoms with Crippen molar-refractivity contribution >= 4 is 11.7 Å².